The van der Waals surface area contributed by atoms with E-state index in [1.807, 2.05) is 48.2 Å². The van der Waals surface area contributed by atoms with Gasteiger partial charge in [-0.3, -0.25) is 0 Å². The van der Waals surface area contributed by atoms with Gasteiger partial charge < -0.3 is 0 Å². The Morgan fingerprint density at radius 2 is 1.18 bits per heavy atom. The molecule has 0 saturated carbocycles. The van der Waals surface area contributed by atoms with E-state index in [1.54, 1.807) is 0 Å². The molecule has 1 aromatic heterocycles. The van der Waals surface area contributed by atoms with Crippen LogP contribution >= 0.6 is 11.8 Å². The van der Waals surface area contributed by atoms with Gasteiger partial charge in [0.05, 0.1) is 11.4 Å². The molecular weight excluding hydrogens is 360 g/mol. The number of hydrogen-bond donors (Lipinski definition) is 0. The number of aromatic nitrogens is 2. The summed E-state index contributed by atoms with van der Waals surface area (Å²) in [5.41, 5.74) is 5.11. The summed E-state index contributed by atoms with van der Waals surface area (Å²) in [4.78, 5) is 11.0. The maximum absolute atomic E-state index is 4.90. The Morgan fingerprint density at radius 3 is 1.82 bits per heavy atom. The summed E-state index contributed by atoms with van der Waals surface area (Å²) in [6.07, 6.45) is 0. The van der Waals surface area contributed by atoms with E-state index in [-0.39, 0.29) is 0 Å². The summed E-state index contributed by atoms with van der Waals surface area (Å²) >= 11 is 1.87. The molecule has 0 N–H and O–H groups in total. The predicted molar refractivity (Wildman–Crippen MR) is 119 cm³/mol. The minimum Gasteiger partial charge on any atom is -0.228 e. The second kappa shape index (κ2) is 8.41. The van der Waals surface area contributed by atoms with Crippen LogP contribution in [0.25, 0.3) is 33.9 Å². The fourth-order valence-electron chi connectivity index (χ4n) is 3.07. The summed E-state index contributed by atoms with van der Waals surface area (Å²) in [6, 6.07) is 31.1. The monoisotopic (exact) mass is 382 g/mol. The van der Waals surface area contributed by atoms with Crippen LogP contribution in [0.3, 0.4) is 0 Å². The minimum atomic E-state index is 0.542. The molecule has 138 valence electrons. The van der Waals surface area contributed by atoms with Crippen LogP contribution in [-0.2, 0) is 0 Å². The van der Waals surface area contributed by atoms with Crippen LogP contribution in [0.5, 0.6) is 0 Å². The van der Waals surface area contributed by atoms with Crippen molar-refractivity contribution >= 4 is 11.8 Å². The predicted octanol–water partition coefficient (Wildman–Crippen LogP) is 6.98. The van der Waals surface area contributed by atoms with Crippen LogP contribution in [0.2, 0.25) is 0 Å². The van der Waals surface area contributed by atoms with Crippen LogP contribution < -0.4 is 0 Å². The topological polar surface area (TPSA) is 25.8 Å². The summed E-state index contributed by atoms with van der Waals surface area (Å²) in [5, 5.41) is 0.542. The molecular formula is C25H22N2S. The lowest BCUT2D eigenvalue weighted by molar-refractivity contribution is 1.11. The highest BCUT2D eigenvalue weighted by Gasteiger charge is 2.11. The van der Waals surface area contributed by atoms with Crippen molar-refractivity contribution in [2.45, 2.75) is 24.0 Å². The van der Waals surface area contributed by atoms with Gasteiger partial charge >= 0.3 is 0 Å². The maximum Gasteiger partial charge on any atom is 0.160 e. The summed E-state index contributed by atoms with van der Waals surface area (Å²) in [6.45, 7) is 4.42. The second-order valence-corrected chi connectivity index (χ2v) is 8.54. The lowest BCUT2D eigenvalue weighted by atomic mass is 10.1. The normalized spacial score (nSPS) is 11.0. The first kappa shape index (κ1) is 18.5. The molecule has 2 nitrogen and oxygen atoms in total. The van der Waals surface area contributed by atoms with Crippen LogP contribution in [-0.4, -0.2) is 15.2 Å². The molecule has 0 saturated heterocycles. The van der Waals surface area contributed by atoms with Gasteiger partial charge in [0.15, 0.2) is 5.82 Å². The van der Waals surface area contributed by atoms with Crippen LogP contribution in [0.4, 0.5) is 0 Å². The Hall–Kier alpha value is -2.91. The highest BCUT2D eigenvalue weighted by Crippen LogP contribution is 2.30. The molecule has 0 aliphatic heterocycles. The number of benzene rings is 3. The molecule has 0 spiro atoms. The number of hydrogen-bond acceptors (Lipinski definition) is 3. The molecule has 0 aliphatic carbocycles. The Bertz CT molecular complexity index is 1000. The van der Waals surface area contributed by atoms with Gasteiger partial charge in [0.25, 0.3) is 0 Å². The third-order valence-electron chi connectivity index (χ3n) is 4.33. The fourth-order valence-corrected chi connectivity index (χ4v) is 3.97. The van der Waals surface area contributed by atoms with Crippen molar-refractivity contribution in [3.63, 3.8) is 0 Å². The third-order valence-corrected chi connectivity index (χ3v) is 5.33. The van der Waals surface area contributed by atoms with Crippen molar-refractivity contribution in [3.8, 4) is 33.9 Å². The standard InChI is InChI=1S/C25H22N2S/c1-18(2)28-22-15-9-14-21(16-22)24-17-23(19-10-5-3-6-11-19)26-25(27-24)20-12-7-4-8-13-20/h3-18H,1-2H3. The number of rotatable bonds is 5. The average molecular weight is 383 g/mol. The van der Waals surface area contributed by atoms with Gasteiger partial charge in [0.2, 0.25) is 0 Å². The van der Waals surface area contributed by atoms with E-state index in [0.717, 1.165) is 33.9 Å². The van der Waals surface area contributed by atoms with E-state index < -0.39 is 0 Å². The SMILES string of the molecule is CC(C)Sc1cccc(-c2cc(-c3ccccc3)nc(-c3ccccc3)n2)c1. The Morgan fingerprint density at radius 1 is 0.607 bits per heavy atom. The van der Waals surface area contributed by atoms with E-state index in [9.17, 15) is 0 Å². The number of nitrogens with zero attached hydrogens (tertiary/aromatic N) is 2. The molecule has 28 heavy (non-hydrogen) atoms. The largest absolute Gasteiger partial charge is 0.228 e. The first-order chi connectivity index (χ1) is 13.7. The molecule has 0 unspecified atom stereocenters. The minimum absolute atomic E-state index is 0.542. The Labute approximate surface area is 170 Å². The van der Waals surface area contributed by atoms with Gasteiger partial charge in [-0.15, -0.1) is 11.8 Å². The van der Waals surface area contributed by atoms with Crippen molar-refractivity contribution < 1.29 is 0 Å². The van der Waals surface area contributed by atoms with Crippen molar-refractivity contribution in [2.24, 2.45) is 0 Å². The molecule has 0 bridgehead atoms. The van der Waals surface area contributed by atoms with Gasteiger partial charge in [0, 0.05) is 26.8 Å². The zero-order valence-corrected chi connectivity index (χ0v) is 16.9. The van der Waals surface area contributed by atoms with Crippen LogP contribution in [0.15, 0.2) is 95.9 Å². The van der Waals surface area contributed by atoms with Crippen molar-refractivity contribution in [3.05, 3.63) is 91.0 Å². The zero-order chi connectivity index (χ0) is 19.3. The van der Waals surface area contributed by atoms with Crippen molar-refractivity contribution in [1.29, 1.82) is 0 Å². The molecule has 0 radical (unpaired) electrons. The maximum atomic E-state index is 4.90. The molecule has 1 heterocycles. The van der Waals surface area contributed by atoms with Gasteiger partial charge in [-0.05, 0) is 18.2 Å². The zero-order valence-electron chi connectivity index (χ0n) is 16.0. The van der Waals surface area contributed by atoms with Crippen LogP contribution in [0, 0.1) is 0 Å². The second-order valence-electron chi connectivity index (χ2n) is 6.89. The molecule has 4 aromatic rings. The molecule has 0 aliphatic rings. The average Bonchev–Trinajstić information content (AvgIpc) is 2.74. The first-order valence-electron chi connectivity index (χ1n) is 9.46. The lowest BCUT2D eigenvalue weighted by Crippen LogP contribution is -1.96. The molecule has 4 rings (SSSR count). The van der Waals surface area contributed by atoms with E-state index in [1.165, 1.54) is 4.90 Å². The van der Waals surface area contributed by atoms with E-state index >= 15 is 0 Å². The van der Waals surface area contributed by atoms with Gasteiger partial charge in [0.1, 0.15) is 0 Å². The van der Waals surface area contributed by atoms with Gasteiger partial charge in [-0.2, -0.15) is 0 Å². The highest BCUT2D eigenvalue weighted by atomic mass is 32.2. The Balaban J connectivity index is 1.85. The molecule has 0 amide bonds. The molecule has 0 fully saturated rings. The summed E-state index contributed by atoms with van der Waals surface area (Å²) in [5.74, 6) is 0.749. The molecule has 3 aromatic carbocycles. The summed E-state index contributed by atoms with van der Waals surface area (Å²) < 4.78 is 0. The molecule has 3 heteroatoms. The van der Waals surface area contributed by atoms with Gasteiger partial charge in [-0.25, -0.2) is 9.97 Å². The van der Waals surface area contributed by atoms with E-state index in [2.05, 4.69) is 68.4 Å². The summed E-state index contributed by atoms with van der Waals surface area (Å²) in [7, 11) is 0. The third kappa shape index (κ3) is 4.32. The molecule has 0 atom stereocenters. The van der Waals surface area contributed by atoms with E-state index in [0.29, 0.717) is 5.25 Å². The fraction of sp³-hybridized carbons (Fsp3) is 0.120. The number of thioether (sulfide) groups is 1. The first-order valence-corrected chi connectivity index (χ1v) is 10.3. The highest BCUT2D eigenvalue weighted by molar-refractivity contribution is 7.99. The quantitative estimate of drug-likeness (QED) is 0.348. The Kier molecular flexibility index (Phi) is 5.54. The smallest absolute Gasteiger partial charge is 0.160 e. The van der Waals surface area contributed by atoms with Crippen molar-refractivity contribution in [1.82, 2.24) is 9.97 Å². The van der Waals surface area contributed by atoms with E-state index in [4.69, 9.17) is 9.97 Å². The van der Waals surface area contributed by atoms with Crippen molar-refractivity contribution in [2.75, 3.05) is 0 Å². The van der Waals surface area contributed by atoms with Gasteiger partial charge in [-0.1, -0.05) is 86.6 Å². The lowest BCUT2D eigenvalue weighted by Gasteiger charge is -2.11. The van der Waals surface area contributed by atoms with Crippen LogP contribution in [0.1, 0.15) is 13.8 Å².